The molecule has 0 aromatic rings. The van der Waals surface area contributed by atoms with Crippen LogP contribution in [0.3, 0.4) is 0 Å². The summed E-state index contributed by atoms with van der Waals surface area (Å²) in [4.78, 5) is 2.67. The second-order valence-electron chi connectivity index (χ2n) is 4.80. The normalized spacial score (nSPS) is 35.8. The number of rotatable bonds is 2. The van der Waals surface area contributed by atoms with Gasteiger partial charge in [-0.2, -0.15) is 0 Å². The minimum absolute atomic E-state index is 0.371. The second kappa shape index (κ2) is 2.71. The van der Waals surface area contributed by atoms with Gasteiger partial charge in [-0.15, -0.1) is 0 Å². The Morgan fingerprint density at radius 1 is 1.33 bits per heavy atom. The minimum Gasteiger partial charge on any atom is -0.330 e. The molecule has 0 amide bonds. The molecule has 2 nitrogen and oxygen atoms in total. The van der Waals surface area contributed by atoms with Crippen molar-refractivity contribution in [3.05, 3.63) is 0 Å². The predicted molar refractivity (Wildman–Crippen MR) is 51.0 cm³/mol. The monoisotopic (exact) mass is 168 g/mol. The van der Waals surface area contributed by atoms with Gasteiger partial charge in [0.15, 0.2) is 0 Å². The van der Waals surface area contributed by atoms with Crippen molar-refractivity contribution >= 4 is 0 Å². The summed E-state index contributed by atoms with van der Waals surface area (Å²) in [7, 11) is 0. The Kier molecular flexibility index (Phi) is 1.92. The van der Waals surface area contributed by atoms with E-state index in [1.165, 1.54) is 25.8 Å². The third kappa shape index (κ3) is 1.17. The number of nitrogens with zero attached hydrogens (tertiary/aromatic N) is 1. The molecule has 1 aliphatic heterocycles. The highest BCUT2D eigenvalue weighted by Crippen LogP contribution is 2.41. The van der Waals surface area contributed by atoms with Gasteiger partial charge in [-0.3, -0.25) is 4.90 Å². The molecule has 1 aliphatic carbocycles. The summed E-state index contributed by atoms with van der Waals surface area (Å²) in [6.45, 7) is 6.85. The third-order valence-electron chi connectivity index (χ3n) is 3.73. The van der Waals surface area contributed by atoms with Crippen LogP contribution in [0.4, 0.5) is 0 Å². The summed E-state index contributed by atoms with van der Waals surface area (Å²) in [5.41, 5.74) is 6.14. The summed E-state index contributed by atoms with van der Waals surface area (Å²) >= 11 is 0. The predicted octanol–water partition coefficient (Wildman–Crippen LogP) is 1.21. The molecule has 2 aliphatic rings. The fourth-order valence-corrected chi connectivity index (χ4v) is 2.62. The van der Waals surface area contributed by atoms with Gasteiger partial charge in [0, 0.05) is 11.6 Å². The van der Waals surface area contributed by atoms with E-state index in [1.807, 2.05) is 0 Å². The van der Waals surface area contributed by atoms with Crippen LogP contribution in [-0.2, 0) is 0 Å². The maximum absolute atomic E-state index is 5.77. The van der Waals surface area contributed by atoms with E-state index in [1.54, 1.807) is 0 Å². The maximum atomic E-state index is 5.77. The van der Waals surface area contributed by atoms with Gasteiger partial charge in [0.1, 0.15) is 0 Å². The van der Waals surface area contributed by atoms with Crippen LogP contribution in [0, 0.1) is 5.92 Å². The van der Waals surface area contributed by atoms with Crippen molar-refractivity contribution < 1.29 is 0 Å². The van der Waals surface area contributed by atoms with Crippen LogP contribution in [0.2, 0.25) is 0 Å². The first kappa shape index (κ1) is 8.52. The van der Waals surface area contributed by atoms with Gasteiger partial charge in [0.25, 0.3) is 0 Å². The lowest BCUT2D eigenvalue weighted by atomic mass is 9.88. The Morgan fingerprint density at radius 3 is 2.42 bits per heavy atom. The van der Waals surface area contributed by atoms with Crippen LogP contribution in [0.1, 0.15) is 33.1 Å². The summed E-state index contributed by atoms with van der Waals surface area (Å²) in [5.74, 6) is 0.720. The molecule has 0 aromatic carbocycles. The highest BCUT2D eigenvalue weighted by molar-refractivity contribution is 5.01. The molecule has 0 spiro atoms. The van der Waals surface area contributed by atoms with E-state index in [9.17, 15) is 0 Å². The van der Waals surface area contributed by atoms with Gasteiger partial charge in [0.05, 0.1) is 0 Å². The SMILES string of the molecule is CC1(C)C(CN)CCN1C1CC1. The van der Waals surface area contributed by atoms with Gasteiger partial charge >= 0.3 is 0 Å². The summed E-state index contributed by atoms with van der Waals surface area (Å²) < 4.78 is 0. The van der Waals surface area contributed by atoms with Gasteiger partial charge in [-0.05, 0) is 52.1 Å². The van der Waals surface area contributed by atoms with E-state index in [-0.39, 0.29) is 0 Å². The molecule has 0 bridgehead atoms. The molecular formula is C10H20N2. The number of hydrogen-bond acceptors (Lipinski definition) is 2. The topological polar surface area (TPSA) is 29.3 Å². The molecule has 0 radical (unpaired) electrons. The number of likely N-dealkylation sites (tertiary alicyclic amines) is 1. The van der Waals surface area contributed by atoms with Gasteiger partial charge in [0.2, 0.25) is 0 Å². The zero-order valence-electron chi connectivity index (χ0n) is 8.21. The highest BCUT2D eigenvalue weighted by atomic mass is 15.3. The molecule has 2 N–H and O–H groups in total. The fourth-order valence-electron chi connectivity index (χ4n) is 2.62. The Labute approximate surface area is 75.1 Å². The van der Waals surface area contributed by atoms with Crippen LogP contribution in [0.5, 0.6) is 0 Å². The molecule has 2 fully saturated rings. The molecule has 2 rings (SSSR count). The van der Waals surface area contributed by atoms with Crippen molar-refractivity contribution in [3.8, 4) is 0 Å². The Hall–Kier alpha value is -0.0800. The van der Waals surface area contributed by atoms with Crippen LogP contribution >= 0.6 is 0 Å². The van der Waals surface area contributed by atoms with Gasteiger partial charge < -0.3 is 5.73 Å². The van der Waals surface area contributed by atoms with E-state index in [2.05, 4.69) is 18.7 Å². The molecule has 1 unspecified atom stereocenters. The van der Waals surface area contributed by atoms with Crippen molar-refractivity contribution in [2.45, 2.75) is 44.7 Å². The van der Waals surface area contributed by atoms with Crippen molar-refractivity contribution in [1.29, 1.82) is 0 Å². The Bertz CT molecular complexity index is 173. The van der Waals surface area contributed by atoms with Crippen LogP contribution in [-0.4, -0.2) is 29.6 Å². The van der Waals surface area contributed by atoms with Crippen molar-refractivity contribution in [2.24, 2.45) is 11.7 Å². The van der Waals surface area contributed by atoms with Gasteiger partial charge in [-0.1, -0.05) is 0 Å². The van der Waals surface area contributed by atoms with Crippen molar-refractivity contribution in [2.75, 3.05) is 13.1 Å². The molecule has 70 valence electrons. The molecular weight excluding hydrogens is 148 g/mol. The molecule has 0 aromatic heterocycles. The molecule has 1 atom stereocenters. The van der Waals surface area contributed by atoms with Crippen LogP contribution in [0.15, 0.2) is 0 Å². The Morgan fingerprint density at radius 2 is 2.00 bits per heavy atom. The first-order valence-corrected chi connectivity index (χ1v) is 5.13. The number of nitrogens with two attached hydrogens (primary N) is 1. The largest absolute Gasteiger partial charge is 0.330 e. The first-order chi connectivity index (χ1) is 5.66. The number of hydrogen-bond donors (Lipinski definition) is 1. The molecule has 1 heterocycles. The van der Waals surface area contributed by atoms with E-state index in [4.69, 9.17) is 5.73 Å². The average Bonchev–Trinajstić information content (AvgIpc) is 2.76. The van der Waals surface area contributed by atoms with E-state index < -0.39 is 0 Å². The highest BCUT2D eigenvalue weighted by Gasteiger charge is 2.46. The zero-order valence-corrected chi connectivity index (χ0v) is 8.21. The van der Waals surface area contributed by atoms with Crippen molar-refractivity contribution in [1.82, 2.24) is 4.90 Å². The van der Waals surface area contributed by atoms with E-state index >= 15 is 0 Å². The third-order valence-corrected chi connectivity index (χ3v) is 3.73. The standard InChI is InChI=1S/C10H20N2/c1-10(2)8(7-11)5-6-12(10)9-3-4-9/h8-9H,3-7,11H2,1-2H3. The molecule has 2 heteroatoms. The average molecular weight is 168 g/mol. The maximum Gasteiger partial charge on any atom is 0.0196 e. The summed E-state index contributed by atoms with van der Waals surface area (Å²) in [6, 6.07) is 0.900. The summed E-state index contributed by atoms with van der Waals surface area (Å²) in [5, 5.41) is 0. The quantitative estimate of drug-likeness (QED) is 0.671. The molecule has 1 saturated heterocycles. The first-order valence-electron chi connectivity index (χ1n) is 5.13. The molecule has 12 heavy (non-hydrogen) atoms. The van der Waals surface area contributed by atoms with Crippen LogP contribution < -0.4 is 5.73 Å². The minimum atomic E-state index is 0.371. The smallest absolute Gasteiger partial charge is 0.0196 e. The second-order valence-corrected chi connectivity index (χ2v) is 4.80. The van der Waals surface area contributed by atoms with Crippen molar-refractivity contribution in [3.63, 3.8) is 0 Å². The summed E-state index contributed by atoms with van der Waals surface area (Å²) in [6.07, 6.45) is 4.14. The van der Waals surface area contributed by atoms with Gasteiger partial charge in [-0.25, -0.2) is 0 Å². The van der Waals surface area contributed by atoms with E-state index in [0.29, 0.717) is 5.54 Å². The Balaban J connectivity index is 2.07. The van der Waals surface area contributed by atoms with Crippen LogP contribution in [0.25, 0.3) is 0 Å². The van der Waals surface area contributed by atoms with E-state index in [0.717, 1.165) is 18.5 Å². The zero-order chi connectivity index (χ0) is 8.77. The fraction of sp³-hybridized carbons (Fsp3) is 1.00. The lowest BCUT2D eigenvalue weighted by Crippen LogP contribution is -2.45. The lowest BCUT2D eigenvalue weighted by molar-refractivity contribution is 0.132. The molecule has 1 saturated carbocycles. The lowest BCUT2D eigenvalue weighted by Gasteiger charge is -2.35.